The molecule has 0 aromatic heterocycles. The number of fused-ring (bicyclic) bond motifs is 1. The number of likely N-dealkylation sites (tertiary alicyclic amines) is 1. The maximum atomic E-state index is 13.2. The molecule has 2 aliphatic rings. The zero-order valence-electron chi connectivity index (χ0n) is 16.8. The van der Waals surface area contributed by atoms with E-state index in [2.05, 4.69) is 0 Å². The number of nitro benzene ring substituents is 1. The van der Waals surface area contributed by atoms with E-state index >= 15 is 0 Å². The van der Waals surface area contributed by atoms with Crippen molar-refractivity contribution < 1.29 is 23.7 Å². The molecule has 0 spiro atoms. The Hall–Kier alpha value is -2.66. The van der Waals surface area contributed by atoms with Gasteiger partial charge in [0.2, 0.25) is 0 Å². The number of amides is 1. The molecule has 2 aromatic carbocycles. The van der Waals surface area contributed by atoms with Gasteiger partial charge in [-0.05, 0) is 12.0 Å². The highest BCUT2D eigenvalue weighted by Crippen LogP contribution is 2.29. The molecule has 9 nitrogen and oxygen atoms in total. The SMILES string of the molecule is O=C(OCc1ccccc1)N1CCC2OCCN([S+]([O-])c3ccc([N+](=O)[O-])cc3)C2C1. The van der Waals surface area contributed by atoms with Crippen molar-refractivity contribution in [2.24, 2.45) is 0 Å². The van der Waals surface area contributed by atoms with E-state index in [0.717, 1.165) is 5.56 Å². The van der Waals surface area contributed by atoms with Gasteiger partial charge in [-0.1, -0.05) is 30.3 Å². The normalized spacial score (nSPS) is 22.4. The second kappa shape index (κ2) is 9.65. The number of nitro groups is 1. The number of carbonyl (C=O) groups excluding carboxylic acids is 1. The van der Waals surface area contributed by atoms with Crippen LogP contribution in [-0.4, -0.2) is 63.2 Å². The minimum Gasteiger partial charge on any atom is -0.593 e. The van der Waals surface area contributed by atoms with Crippen LogP contribution in [-0.2, 0) is 27.4 Å². The van der Waals surface area contributed by atoms with Crippen LogP contribution >= 0.6 is 0 Å². The standard InChI is InChI=1S/C21H23N3O6S/c25-21(30-15-16-4-2-1-3-5-16)22-11-10-20-19(14-22)23(12-13-29-20)31(28)18-8-6-17(7-9-18)24(26)27/h1-9,19-20H,10-15H2. The molecule has 10 heteroatoms. The highest BCUT2D eigenvalue weighted by Gasteiger charge is 2.44. The number of nitrogens with zero attached hydrogens (tertiary/aromatic N) is 3. The molecule has 2 aliphatic heterocycles. The molecule has 2 aromatic rings. The third-order valence-electron chi connectivity index (χ3n) is 5.46. The van der Waals surface area contributed by atoms with Gasteiger partial charge in [-0.25, -0.2) is 4.79 Å². The summed E-state index contributed by atoms with van der Waals surface area (Å²) in [6.45, 7) is 1.93. The maximum Gasteiger partial charge on any atom is 0.410 e. The van der Waals surface area contributed by atoms with Gasteiger partial charge >= 0.3 is 6.09 Å². The van der Waals surface area contributed by atoms with E-state index in [0.29, 0.717) is 37.6 Å². The second-order valence-electron chi connectivity index (χ2n) is 7.39. The Bertz CT molecular complexity index is 913. The number of non-ortho nitro benzene ring substituents is 1. The lowest BCUT2D eigenvalue weighted by Gasteiger charge is -2.45. The van der Waals surface area contributed by atoms with Crippen LogP contribution in [0.15, 0.2) is 59.5 Å². The van der Waals surface area contributed by atoms with E-state index in [1.54, 1.807) is 4.90 Å². The zero-order chi connectivity index (χ0) is 21.8. The summed E-state index contributed by atoms with van der Waals surface area (Å²) in [4.78, 5) is 25.1. The molecular weight excluding hydrogens is 422 g/mol. The Kier molecular flexibility index (Phi) is 6.71. The average molecular weight is 445 g/mol. The topological polar surface area (TPSA) is 108 Å². The second-order valence-corrected chi connectivity index (χ2v) is 8.83. The molecule has 0 aliphatic carbocycles. The molecular formula is C21H23N3O6S. The molecule has 3 unspecified atom stereocenters. The molecule has 0 bridgehead atoms. The number of piperidine rings is 1. The third-order valence-corrected chi connectivity index (χ3v) is 7.01. The van der Waals surface area contributed by atoms with Crippen LogP contribution in [0.3, 0.4) is 0 Å². The van der Waals surface area contributed by atoms with Crippen LogP contribution in [0.4, 0.5) is 10.5 Å². The summed E-state index contributed by atoms with van der Waals surface area (Å²) < 4.78 is 26.3. The van der Waals surface area contributed by atoms with Crippen molar-refractivity contribution in [1.29, 1.82) is 0 Å². The lowest BCUT2D eigenvalue weighted by molar-refractivity contribution is -0.384. The number of morpholine rings is 1. The first-order valence-corrected chi connectivity index (χ1v) is 11.1. The fourth-order valence-corrected chi connectivity index (χ4v) is 5.17. The summed E-state index contributed by atoms with van der Waals surface area (Å²) in [5.41, 5.74) is 0.859. The molecule has 31 heavy (non-hydrogen) atoms. The van der Waals surface area contributed by atoms with Gasteiger partial charge in [0.15, 0.2) is 4.90 Å². The number of carbonyl (C=O) groups is 1. The Morgan fingerprint density at radius 1 is 1.16 bits per heavy atom. The summed E-state index contributed by atoms with van der Waals surface area (Å²) in [7, 11) is 0. The van der Waals surface area contributed by atoms with Gasteiger partial charge in [-0.3, -0.25) is 10.1 Å². The van der Waals surface area contributed by atoms with Crippen LogP contribution in [0.2, 0.25) is 0 Å². The first-order valence-electron chi connectivity index (χ1n) is 10.0. The zero-order valence-corrected chi connectivity index (χ0v) is 17.6. The van der Waals surface area contributed by atoms with E-state index in [1.165, 1.54) is 24.3 Å². The van der Waals surface area contributed by atoms with Crippen molar-refractivity contribution in [1.82, 2.24) is 9.21 Å². The fourth-order valence-electron chi connectivity index (χ4n) is 3.84. The summed E-state index contributed by atoms with van der Waals surface area (Å²) in [5, 5.41) is 10.9. The highest BCUT2D eigenvalue weighted by molar-refractivity contribution is 7.89. The first kappa shape index (κ1) is 21.6. The molecule has 0 N–H and O–H groups in total. The number of hydrogen-bond donors (Lipinski definition) is 0. The first-order chi connectivity index (χ1) is 15.0. The molecule has 3 atom stereocenters. The Labute approximate surface area is 183 Å². The van der Waals surface area contributed by atoms with Crippen LogP contribution in [0.1, 0.15) is 12.0 Å². The largest absolute Gasteiger partial charge is 0.593 e. The van der Waals surface area contributed by atoms with Crippen molar-refractivity contribution >= 4 is 23.1 Å². The van der Waals surface area contributed by atoms with E-state index in [9.17, 15) is 19.5 Å². The molecule has 4 rings (SSSR count). The van der Waals surface area contributed by atoms with Crippen molar-refractivity contribution in [3.63, 3.8) is 0 Å². The van der Waals surface area contributed by atoms with E-state index in [-0.39, 0.29) is 24.4 Å². The lowest BCUT2D eigenvalue weighted by Crippen LogP contribution is -2.62. The number of benzene rings is 2. The van der Waals surface area contributed by atoms with Crippen LogP contribution < -0.4 is 0 Å². The van der Waals surface area contributed by atoms with E-state index < -0.39 is 22.4 Å². The lowest BCUT2D eigenvalue weighted by atomic mass is 10.0. The molecule has 1 amide bonds. The summed E-state index contributed by atoms with van der Waals surface area (Å²) in [5.74, 6) is 0. The van der Waals surface area contributed by atoms with Gasteiger partial charge < -0.3 is 18.9 Å². The Morgan fingerprint density at radius 3 is 2.61 bits per heavy atom. The summed E-state index contributed by atoms with van der Waals surface area (Å²) in [6, 6.07) is 14.9. The number of rotatable bonds is 5. The fraction of sp³-hybridized carbons (Fsp3) is 0.381. The minimum absolute atomic E-state index is 0.0504. The highest BCUT2D eigenvalue weighted by atomic mass is 32.2. The summed E-state index contributed by atoms with van der Waals surface area (Å²) >= 11 is -1.52. The van der Waals surface area contributed by atoms with Gasteiger partial charge in [-0.15, -0.1) is 4.31 Å². The Morgan fingerprint density at radius 2 is 1.90 bits per heavy atom. The van der Waals surface area contributed by atoms with Gasteiger partial charge in [0.1, 0.15) is 6.61 Å². The molecule has 0 radical (unpaired) electrons. The predicted octanol–water partition coefficient (Wildman–Crippen LogP) is 2.73. The number of ether oxygens (including phenoxy) is 2. The summed E-state index contributed by atoms with van der Waals surface area (Å²) in [6.07, 6.45) is 0.0851. The van der Waals surface area contributed by atoms with Crippen molar-refractivity contribution in [3.05, 3.63) is 70.3 Å². The van der Waals surface area contributed by atoms with E-state index in [1.807, 2.05) is 34.6 Å². The van der Waals surface area contributed by atoms with Gasteiger partial charge in [0.25, 0.3) is 5.69 Å². The quantitative estimate of drug-likeness (QED) is 0.395. The maximum absolute atomic E-state index is 13.2. The van der Waals surface area contributed by atoms with Crippen molar-refractivity contribution in [2.75, 3.05) is 26.2 Å². The van der Waals surface area contributed by atoms with Crippen molar-refractivity contribution in [2.45, 2.75) is 30.1 Å². The van der Waals surface area contributed by atoms with E-state index in [4.69, 9.17) is 9.47 Å². The molecule has 2 fully saturated rings. The average Bonchev–Trinajstić information content (AvgIpc) is 2.82. The van der Waals surface area contributed by atoms with Crippen molar-refractivity contribution in [3.8, 4) is 0 Å². The minimum atomic E-state index is -1.52. The van der Waals surface area contributed by atoms with Gasteiger partial charge in [0.05, 0.1) is 41.6 Å². The van der Waals surface area contributed by atoms with Gasteiger partial charge in [0, 0.05) is 37.4 Å². The molecule has 0 saturated carbocycles. The molecule has 164 valence electrons. The predicted molar refractivity (Wildman–Crippen MR) is 113 cm³/mol. The smallest absolute Gasteiger partial charge is 0.410 e. The number of hydrogen-bond acceptors (Lipinski definition) is 7. The van der Waals surface area contributed by atoms with Crippen LogP contribution in [0.25, 0.3) is 0 Å². The van der Waals surface area contributed by atoms with Crippen LogP contribution in [0.5, 0.6) is 0 Å². The monoisotopic (exact) mass is 445 g/mol. The molecule has 2 heterocycles. The molecule has 2 saturated heterocycles. The van der Waals surface area contributed by atoms with Gasteiger partial charge in [-0.2, -0.15) is 0 Å². The Balaban J connectivity index is 1.42. The van der Waals surface area contributed by atoms with Crippen LogP contribution in [0, 0.1) is 10.1 Å². The third kappa shape index (κ3) is 4.99.